The molecule has 0 spiro atoms. The Morgan fingerprint density at radius 1 is 0.800 bits per heavy atom. The van der Waals surface area contributed by atoms with E-state index in [9.17, 15) is 19.2 Å². The van der Waals surface area contributed by atoms with Crippen LogP contribution in [-0.4, -0.2) is 30.4 Å². The van der Waals surface area contributed by atoms with Crippen molar-refractivity contribution in [2.75, 3.05) is 16.8 Å². The Kier molecular flexibility index (Phi) is 7.61. The van der Waals surface area contributed by atoms with E-state index in [1.54, 1.807) is 24.3 Å². The van der Waals surface area contributed by atoms with Crippen molar-refractivity contribution >= 4 is 57.5 Å². The van der Waals surface area contributed by atoms with Crippen molar-refractivity contribution in [3.05, 3.63) is 113 Å². The molecule has 0 saturated heterocycles. The summed E-state index contributed by atoms with van der Waals surface area (Å²) in [6, 6.07) is 25.3. The molecule has 0 unspecified atom stereocenters. The number of nitrogens with zero attached hydrogens (tertiary/aromatic N) is 1. The number of hydrogen-bond acceptors (Lipinski definition) is 7. The molecule has 0 bridgehead atoms. The highest BCUT2D eigenvalue weighted by Gasteiger charge is 2.39. The van der Waals surface area contributed by atoms with Crippen molar-refractivity contribution in [1.29, 1.82) is 0 Å². The molecule has 1 aliphatic heterocycles. The van der Waals surface area contributed by atoms with Gasteiger partial charge in [-0.15, -0.1) is 0 Å². The van der Waals surface area contributed by atoms with E-state index in [0.717, 1.165) is 15.7 Å². The van der Waals surface area contributed by atoms with Crippen LogP contribution in [0.25, 0.3) is 10.8 Å². The second-order valence-corrected chi connectivity index (χ2v) is 9.30. The summed E-state index contributed by atoms with van der Waals surface area (Å²) in [5, 5.41) is 4.57. The molecule has 40 heavy (non-hydrogen) atoms. The zero-order chi connectivity index (χ0) is 28.2. The second kappa shape index (κ2) is 11.4. The quantitative estimate of drug-likeness (QED) is 0.160. The highest BCUT2D eigenvalue weighted by Crippen LogP contribution is 2.30. The molecule has 5 rings (SSSR count). The molecule has 0 saturated carbocycles. The van der Waals surface area contributed by atoms with E-state index < -0.39 is 23.8 Å². The molecule has 0 fully saturated rings. The zero-order valence-electron chi connectivity index (χ0n) is 21.3. The van der Waals surface area contributed by atoms with Crippen LogP contribution >= 0.6 is 11.6 Å². The van der Waals surface area contributed by atoms with Crippen LogP contribution in [0.4, 0.5) is 11.4 Å². The minimum Gasteiger partial charge on any atom is -0.462 e. The van der Waals surface area contributed by atoms with Gasteiger partial charge in [-0.1, -0.05) is 48.9 Å². The molecule has 0 aliphatic carbocycles. The van der Waals surface area contributed by atoms with Crippen molar-refractivity contribution in [3.8, 4) is 5.75 Å². The van der Waals surface area contributed by atoms with E-state index in [4.69, 9.17) is 21.1 Å². The van der Waals surface area contributed by atoms with Crippen molar-refractivity contribution in [1.82, 2.24) is 0 Å². The fraction of sp³-hybridized carbons (Fsp3) is 0.0968. The summed E-state index contributed by atoms with van der Waals surface area (Å²) in [6.07, 6.45) is 0.693. The summed E-state index contributed by atoms with van der Waals surface area (Å²) < 4.78 is 10.6. The smallest absolute Gasteiger partial charge is 0.343 e. The number of rotatable bonds is 8. The van der Waals surface area contributed by atoms with Crippen molar-refractivity contribution in [2.45, 2.75) is 13.3 Å². The Morgan fingerprint density at radius 3 is 2.15 bits per heavy atom. The van der Waals surface area contributed by atoms with Gasteiger partial charge >= 0.3 is 11.9 Å². The number of benzene rings is 4. The maximum atomic E-state index is 13.1. The molecule has 4 aromatic carbocycles. The van der Waals surface area contributed by atoms with Crippen LogP contribution in [0.15, 0.2) is 102 Å². The molecule has 1 heterocycles. The number of nitrogens with one attached hydrogen (secondary N) is 1. The largest absolute Gasteiger partial charge is 0.462 e. The number of carbonyl (C=O) groups excluding carboxylic acids is 4. The van der Waals surface area contributed by atoms with Gasteiger partial charge in [-0.05, 0) is 77.9 Å². The van der Waals surface area contributed by atoms with E-state index in [1.807, 2.05) is 37.3 Å². The van der Waals surface area contributed by atoms with Crippen LogP contribution in [0, 0.1) is 0 Å². The lowest BCUT2D eigenvalue weighted by Crippen LogP contribution is -2.32. The molecule has 9 heteroatoms. The molecule has 2 amide bonds. The number of fused-ring (bicyclic) bond motifs is 1. The Bertz CT molecular complexity index is 1660. The molecule has 4 aromatic rings. The van der Waals surface area contributed by atoms with Crippen LogP contribution < -0.4 is 15.0 Å². The summed E-state index contributed by atoms with van der Waals surface area (Å²) in [4.78, 5) is 51.5. The zero-order valence-corrected chi connectivity index (χ0v) is 22.1. The van der Waals surface area contributed by atoms with Gasteiger partial charge in [0, 0.05) is 5.69 Å². The summed E-state index contributed by atoms with van der Waals surface area (Å²) in [5.74, 6) is -1.97. The molecular formula is C31H23ClN2O6. The number of imide groups is 1. The van der Waals surface area contributed by atoms with Gasteiger partial charge in [-0.3, -0.25) is 9.59 Å². The van der Waals surface area contributed by atoms with Crippen LogP contribution in [0.3, 0.4) is 0 Å². The Hall–Kier alpha value is -4.95. The molecular weight excluding hydrogens is 532 g/mol. The SMILES string of the molecule is CCCOC(=O)c1ccc(N2C(=O)C(Cl)=C(Nc3ccc(C(=O)Oc4ccc5ccccc5c4)cc3)C2=O)cc1. The maximum Gasteiger partial charge on any atom is 0.343 e. The van der Waals surface area contributed by atoms with Crippen LogP contribution in [0.1, 0.15) is 34.1 Å². The van der Waals surface area contributed by atoms with E-state index >= 15 is 0 Å². The number of halogens is 1. The molecule has 0 aromatic heterocycles. The van der Waals surface area contributed by atoms with E-state index in [1.165, 1.54) is 36.4 Å². The lowest BCUT2D eigenvalue weighted by molar-refractivity contribution is -0.120. The summed E-state index contributed by atoms with van der Waals surface area (Å²) in [7, 11) is 0. The molecule has 0 radical (unpaired) electrons. The topological polar surface area (TPSA) is 102 Å². The van der Waals surface area contributed by atoms with Crippen molar-refractivity contribution in [3.63, 3.8) is 0 Å². The Labute approximate surface area is 234 Å². The van der Waals surface area contributed by atoms with Gasteiger partial charge in [0.1, 0.15) is 16.5 Å². The van der Waals surface area contributed by atoms with Gasteiger partial charge in [-0.25, -0.2) is 14.5 Å². The lowest BCUT2D eigenvalue weighted by atomic mass is 10.1. The first kappa shape index (κ1) is 26.6. The summed E-state index contributed by atoms with van der Waals surface area (Å²) >= 11 is 6.23. The molecule has 200 valence electrons. The van der Waals surface area contributed by atoms with E-state index in [0.29, 0.717) is 35.6 Å². The predicted octanol–water partition coefficient (Wildman–Crippen LogP) is 6.06. The average Bonchev–Trinajstić information content (AvgIpc) is 3.19. The Morgan fingerprint density at radius 2 is 1.45 bits per heavy atom. The number of carbonyl (C=O) groups is 4. The molecule has 1 aliphatic rings. The van der Waals surface area contributed by atoms with Gasteiger partial charge in [0.25, 0.3) is 11.8 Å². The normalized spacial score (nSPS) is 13.1. The minimum absolute atomic E-state index is 0.107. The van der Waals surface area contributed by atoms with Gasteiger partial charge < -0.3 is 14.8 Å². The van der Waals surface area contributed by atoms with Crippen LogP contribution in [0.5, 0.6) is 5.75 Å². The van der Waals surface area contributed by atoms with Gasteiger partial charge in [0.05, 0.1) is 23.4 Å². The first-order valence-corrected chi connectivity index (χ1v) is 12.9. The standard InChI is InChI=1S/C31H23ClN2O6/c1-2-17-39-30(37)20-9-14-24(15-10-20)34-28(35)26(32)27(29(34)36)33-23-12-7-21(8-13-23)31(38)40-25-16-11-19-5-3-4-6-22(19)18-25/h3-16,18,33H,2,17H2,1H3. The molecule has 1 N–H and O–H groups in total. The number of esters is 2. The maximum absolute atomic E-state index is 13.1. The molecule has 8 nitrogen and oxygen atoms in total. The van der Waals surface area contributed by atoms with Crippen molar-refractivity contribution < 1.29 is 28.7 Å². The van der Waals surface area contributed by atoms with Crippen LogP contribution in [-0.2, 0) is 14.3 Å². The molecule has 0 atom stereocenters. The minimum atomic E-state index is -0.703. The third-order valence-electron chi connectivity index (χ3n) is 6.15. The highest BCUT2D eigenvalue weighted by atomic mass is 35.5. The highest BCUT2D eigenvalue weighted by molar-refractivity contribution is 6.53. The van der Waals surface area contributed by atoms with Gasteiger partial charge in [0.2, 0.25) is 0 Å². The first-order chi connectivity index (χ1) is 19.4. The Balaban J connectivity index is 1.25. The third-order valence-corrected chi connectivity index (χ3v) is 6.50. The number of anilines is 2. The lowest BCUT2D eigenvalue weighted by Gasteiger charge is -2.15. The monoisotopic (exact) mass is 554 g/mol. The predicted molar refractivity (Wildman–Crippen MR) is 151 cm³/mol. The summed E-state index contributed by atoms with van der Waals surface area (Å²) in [6.45, 7) is 2.18. The number of hydrogen-bond donors (Lipinski definition) is 1. The van der Waals surface area contributed by atoms with Gasteiger partial charge in [-0.2, -0.15) is 0 Å². The number of ether oxygens (including phenoxy) is 2. The number of amides is 2. The van der Waals surface area contributed by atoms with E-state index in [-0.39, 0.29) is 16.4 Å². The second-order valence-electron chi connectivity index (χ2n) is 8.92. The van der Waals surface area contributed by atoms with E-state index in [2.05, 4.69) is 5.32 Å². The average molecular weight is 555 g/mol. The fourth-order valence-corrected chi connectivity index (χ4v) is 4.31. The fourth-order valence-electron chi connectivity index (χ4n) is 4.10. The van der Waals surface area contributed by atoms with Gasteiger partial charge in [0.15, 0.2) is 0 Å². The van der Waals surface area contributed by atoms with Crippen molar-refractivity contribution in [2.24, 2.45) is 0 Å². The third kappa shape index (κ3) is 5.43. The first-order valence-electron chi connectivity index (χ1n) is 12.5. The van der Waals surface area contributed by atoms with Crippen LogP contribution in [0.2, 0.25) is 0 Å². The summed E-state index contributed by atoms with van der Waals surface area (Å²) in [5.41, 5.74) is 1.18.